The summed E-state index contributed by atoms with van der Waals surface area (Å²) in [6, 6.07) is 2.00. The average Bonchev–Trinajstić information content (AvgIpc) is 2.42. The van der Waals surface area contributed by atoms with Gasteiger partial charge in [0, 0.05) is 0 Å². The van der Waals surface area contributed by atoms with E-state index in [9.17, 15) is 0 Å². The molecule has 0 saturated carbocycles. The first-order valence-electron chi connectivity index (χ1n) is 5.29. The number of aromatic nitrogens is 2. The van der Waals surface area contributed by atoms with Crippen LogP contribution in [0.5, 0.6) is 0 Å². The number of anilines is 1. The second-order valence-electron chi connectivity index (χ2n) is 5.23. The Kier molecular flexibility index (Phi) is 3.88. The summed E-state index contributed by atoms with van der Waals surface area (Å²) in [6.45, 7) is 7.47. The molecule has 0 aliphatic heterocycles. The number of nitrogens with two attached hydrogens (primary N) is 1. The van der Waals surface area contributed by atoms with Crippen molar-refractivity contribution in [2.75, 3.05) is 5.73 Å². The van der Waals surface area contributed by atoms with E-state index in [2.05, 4.69) is 37.3 Å². The minimum atomic E-state index is -0.570. The van der Waals surface area contributed by atoms with E-state index < -0.39 is 14.7 Å². The summed E-state index contributed by atoms with van der Waals surface area (Å²) in [5.74, 6) is 0.802. The summed E-state index contributed by atoms with van der Waals surface area (Å²) in [6.07, 6.45) is 0. The fourth-order valence-electron chi connectivity index (χ4n) is 1.27. The van der Waals surface area contributed by atoms with Crippen LogP contribution in [-0.2, 0) is 12.0 Å². The number of aryl methyl sites for hydroxylation is 1. The molecule has 0 aromatic carbocycles. The fourth-order valence-corrected chi connectivity index (χ4v) is 2.51. The molecule has 86 valence electrons. The number of rotatable bonds is 3. The van der Waals surface area contributed by atoms with E-state index in [1.54, 1.807) is 0 Å². The van der Waals surface area contributed by atoms with Crippen molar-refractivity contribution < 1.29 is 0 Å². The molecule has 2 N–H and O–H groups in total. The van der Waals surface area contributed by atoms with Crippen LogP contribution in [0.1, 0.15) is 26.5 Å². The van der Waals surface area contributed by atoms with Gasteiger partial charge in [0.1, 0.15) is 0 Å². The van der Waals surface area contributed by atoms with Gasteiger partial charge < -0.3 is 0 Å². The zero-order chi connectivity index (χ0) is 11.6. The summed E-state index contributed by atoms with van der Waals surface area (Å²) in [5.41, 5.74) is 11.8. The van der Waals surface area contributed by atoms with Crippen LogP contribution in [0, 0.1) is 0 Å². The van der Waals surface area contributed by atoms with Gasteiger partial charge in [-0.1, -0.05) is 0 Å². The van der Waals surface area contributed by atoms with Crippen LogP contribution < -0.4 is 5.73 Å². The number of nitrogens with zero attached hydrogens (tertiary/aromatic N) is 2. The summed E-state index contributed by atoms with van der Waals surface area (Å²) >= 11 is -0.570. The molecule has 0 fully saturated rings. The van der Waals surface area contributed by atoms with Gasteiger partial charge in [0.15, 0.2) is 0 Å². The summed E-state index contributed by atoms with van der Waals surface area (Å²) in [7, 11) is 0. The Labute approximate surface area is 97.3 Å². The van der Waals surface area contributed by atoms with Gasteiger partial charge in [0.25, 0.3) is 0 Å². The molecule has 3 nitrogen and oxygen atoms in total. The van der Waals surface area contributed by atoms with Crippen molar-refractivity contribution in [2.24, 2.45) is 0 Å². The van der Waals surface area contributed by atoms with Crippen molar-refractivity contribution in [3.05, 3.63) is 11.8 Å². The first kappa shape index (κ1) is 12.6. The van der Waals surface area contributed by atoms with Crippen molar-refractivity contribution in [1.82, 2.24) is 9.78 Å². The quantitative estimate of drug-likeness (QED) is 0.858. The van der Waals surface area contributed by atoms with Gasteiger partial charge in [-0.3, -0.25) is 0 Å². The van der Waals surface area contributed by atoms with Crippen LogP contribution in [0.4, 0.5) is 5.82 Å². The Bertz CT molecular complexity index is 323. The van der Waals surface area contributed by atoms with E-state index in [1.807, 2.05) is 10.7 Å². The standard InChI is InChI=1S/C11H22AsN3/c1-11(2,3)9-8-10(13)15(14-9)7-6-12(4)5/h8H,6-7,13H2,1-5H3. The molecule has 15 heavy (non-hydrogen) atoms. The maximum absolute atomic E-state index is 5.94. The molecule has 4 heteroatoms. The van der Waals surface area contributed by atoms with Crippen LogP contribution in [0.3, 0.4) is 0 Å². The molecule has 0 spiro atoms. The minimum absolute atomic E-state index is 0.0925. The monoisotopic (exact) mass is 271 g/mol. The Hall–Kier alpha value is -0.432. The third-order valence-corrected chi connectivity index (χ3v) is 4.63. The molecule has 0 bridgehead atoms. The van der Waals surface area contributed by atoms with Crippen LogP contribution in [0.15, 0.2) is 6.07 Å². The molecule has 0 atom stereocenters. The van der Waals surface area contributed by atoms with E-state index >= 15 is 0 Å². The first-order valence-corrected chi connectivity index (χ1v) is 10.4. The molecule has 0 amide bonds. The third kappa shape index (κ3) is 3.57. The molecule has 0 aliphatic carbocycles. The van der Waals surface area contributed by atoms with E-state index in [0.717, 1.165) is 18.1 Å². The molecule has 1 aromatic heterocycles. The van der Waals surface area contributed by atoms with Crippen LogP contribution >= 0.6 is 0 Å². The molecule has 1 rings (SSSR count). The molecule has 0 unspecified atom stereocenters. The van der Waals surface area contributed by atoms with Gasteiger partial charge in [-0.15, -0.1) is 0 Å². The zero-order valence-electron chi connectivity index (χ0n) is 10.4. The fraction of sp³-hybridized carbons (Fsp3) is 0.727. The molecule has 0 saturated heterocycles. The first-order chi connectivity index (χ1) is 6.80. The Balaban J connectivity index is 2.78. The van der Waals surface area contributed by atoms with Crippen molar-refractivity contribution >= 4 is 20.5 Å². The van der Waals surface area contributed by atoms with Crippen LogP contribution in [0.25, 0.3) is 0 Å². The number of hydrogen-bond donors (Lipinski definition) is 1. The maximum atomic E-state index is 5.94. The third-order valence-electron chi connectivity index (χ3n) is 2.34. The molecule has 0 aliphatic rings. The van der Waals surface area contributed by atoms with Gasteiger partial charge in [-0.25, -0.2) is 0 Å². The summed E-state index contributed by atoms with van der Waals surface area (Å²) < 4.78 is 1.95. The molecule has 1 heterocycles. The zero-order valence-corrected chi connectivity index (χ0v) is 12.3. The van der Waals surface area contributed by atoms with E-state index in [-0.39, 0.29) is 5.41 Å². The van der Waals surface area contributed by atoms with Crippen molar-refractivity contribution in [2.45, 2.75) is 49.4 Å². The molecular formula is C11H22AsN3. The van der Waals surface area contributed by atoms with Gasteiger partial charge >= 0.3 is 97.1 Å². The molecule has 1 aromatic rings. The van der Waals surface area contributed by atoms with E-state index in [4.69, 9.17) is 5.73 Å². The molecule has 0 radical (unpaired) electrons. The van der Waals surface area contributed by atoms with Crippen molar-refractivity contribution in [3.63, 3.8) is 0 Å². The summed E-state index contributed by atoms with van der Waals surface area (Å²) in [5, 5.41) is 5.83. The number of nitrogen functional groups attached to an aromatic ring is 1. The average molecular weight is 271 g/mol. The van der Waals surface area contributed by atoms with Crippen molar-refractivity contribution in [3.8, 4) is 0 Å². The van der Waals surface area contributed by atoms with Gasteiger partial charge in [0.05, 0.1) is 0 Å². The Morgan fingerprint density at radius 3 is 2.40 bits per heavy atom. The summed E-state index contributed by atoms with van der Waals surface area (Å²) in [4.78, 5) is 0. The Morgan fingerprint density at radius 2 is 2.00 bits per heavy atom. The second-order valence-corrected chi connectivity index (χ2v) is 10.7. The van der Waals surface area contributed by atoms with Gasteiger partial charge in [-0.2, -0.15) is 0 Å². The van der Waals surface area contributed by atoms with E-state index in [1.165, 1.54) is 5.21 Å². The van der Waals surface area contributed by atoms with Gasteiger partial charge in [0.2, 0.25) is 0 Å². The predicted octanol–water partition coefficient (Wildman–Crippen LogP) is 2.52. The van der Waals surface area contributed by atoms with Crippen molar-refractivity contribution in [1.29, 1.82) is 0 Å². The topological polar surface area (TPSA) is 43.8 Å². The van der Waals surface area contributed by atoms with Crippen LogP contribution in [0.2, 0.25) is 16.6 Å². The van der Waals surface area contributed by atoms with Gasteiger partial charge in [-0.05, 0) is 0 Å². The van der Waals surface area contributed by atoms with Crippen LogP contribution in [-0.4, -0.2) is 24.4 Å². The second kappa shape index (κ2) is 4.61. The Morgan fingerprint density at radius 1 is 1.40 bits per heavy atom. The predicted molar refractivity (Wildman–Crippen MR) is 67.6 cm³/mol. The van der Waals surface area contributed by atoms with E-state index in [0.29, 0.717) is 0 Å². The number of hydrogen-bond acceptors (Lipinski definition) is 2. The molecular weight excluding hydrogens is 249 g/mol. The normalized spacial score (nSPS) is 12.4. The SMILES string of the molecule is C[As](C)CCn1nc(C(C)(C)C)cc1N.